The van der Waals surface area contributed by atoms with Gasteiger partial charge in [0, 0.05) is 43.3 Å². The van der Waals surface area contributed by atoms with E-state index < -0.39 is 12.2 Å². The van der Waals surface area contributed by atoms with Gasteiger partial charge in [-0.2, -0.15) is 0 Å². The number of carbonyl (C=O) groups excluding carboxylic acids is 3. The van der Waals surface area contributed by atoms with Crippen LogP contribution >= 0.6 is 15.9 Å². The molecule has 2 atom stereocenters. The third-order valence-corrected chi connectivity index (χ3v) is 7.69. The van der Waals surface area contributed by atoms with Crippen LogP contribution in [0.2, 0.25) is 0 Å². The molecule has 2 fully saturated rings. The number of pyridine rings is 1. The quantitative estimate of drug-likeness (QED) is 0.454. The van der Waals surface area contributed by atoms with E-state index in [9.17, 15) is 19.5 Å². The molecular formula is C29H30BrN5O4. The van der Waals surface area contributed by atoms with Crippen LogP contribution in [0.25, 0.3) is 0 Å². The van der Waals surface area contributed by atoms with Crippen molar-refractivity contribution in [3.63, 3.8) is 0 Å². The second kappa shape index (κ2) is 11.5. The van der Waals surface area contributed by atoms with E-state index in [1.165, 1.54) is 0 Å². The Labute approximate surface area is 235 Å². The molecule has 9 nitrogen and oxygen atoms in total. The highest BCUT2D eigenvalue weighted by molar-refractivity contribution is 9.10. The Morgan fingerprint density at radius 3 is 2.49 bits per heavy atom. The van der Waals surface area contributed by atoms with E-state index in [-0.39, 0.29) is 49.4 Å². The molecular weight excluding hydrogens is 562 g/mol. The van der Waals surface area contributed by atoms with Crippen molar-refractivity contribution >= 4 is 33.7 Å². The summed E-state index contributed by atoms with van der Waals surface area (Å²) in [5.74, 6) is -0.347. The largest absolute Gasteiger partial charge is 0.508 e. The number of benzene rings is 2. The lowest BCUT2D eigenvalue weighted by atomic mass is 9.98. The number of aromatic hydroxyl groups is 1. The van der Waals surface area contributed by atoms with Crippen molar-refractivity contribution in [2.45, 2.75) is 38.0 Å². The number of nitrogens with zero attached hydrogens (tertiary/aromatic N) is 5. The van der Waals surface area contributed by atoms with E-state index in [1.807, 2.05) is 36.4 Å². The standard InChI is InChI=1S/C29H30BrN5O4/c1-32-19-28(38)34-25(16-21-5-8-24(36)9-6-21)29(39)33(17-22-11-13-31-14-12-22)18-26(34)35(32)27(37)10-7-20-3-2-4-23(30)15-20/h2-6,8-9,11-15,25-26,36H,7,10,16-19H2,1H3/t25-,26?/m0/s1. The van der Waals surface area contributed by atoms with E-state index in [1.54, 1.807) is 63.5 Å². The molecule has 2 aliphatic rings. The van der Waals surface area contributed by atoms with Gasteiger partial charge in [0.05, 0.1) is 13.1 Å². The maximum absolute atomic E-state index is 13.8. The summed E-state index contributed by atoms with van der Waals surface area (Å²) < 4.78 is 0.953. The van der Waals surface area contributed by atoms with Gasteiger partial charge >= 0.3 is 0 Å². The number of aryl methyl sites for hydroxylation is 1. The van der Waals surface area contributed by atoms with Gasteiger partial charge in [-0.25, -0.2) is 5.01 Å². The molecule has 0 bridgehead atoms. The second-order valence-corrected chi connectivity index (χ2v) is 10.8. The lowest BCUT2D eigenvalue weighted by Crippen LogP contribution is -2.75. The number of fused-ring (bicyclic) bond motifs is 1. The van der Waals surface area contributed by atoms with E-state index in [0.717, 1.165) is 21.2 Å². The van der Waals surface area contributed by atoms with Crippen LogP contribution in [0.1, 0.15) is 23.1 Å². The summed E-state index contributed by atoms with van der Waals surface area (Å²) in [5.41, 5.74) is 2.77. The van der Waals surface area contributed by atoms with Gasteiger partial charge in [0.15, 0.2) is 0 Å². The van der Waals surface area contributed by atoms with Crippen LogP contribution in [-0.2, 0) is 33.8 Å². The molecule has 39 heavy (non-hydrogen) atoms. The fourth-order valence-electron chi connectivity index (χ4n) is 5.34. The van der Waals surface area contributed by atoms with Gasteiger partial charge in [-0.15, -0.1) is 0 Å². The second-order valence-electron chi connectivity index (χ2n) is 9.93. The van der Waals surface area contributed by atoms with Crippen molar-refractivity contribution in [2.24, 2.45) is 0 Å². The number of phenols is 1. The summed E-state index contributed by atoms with van der Waals surface area (Å²) in [7, 11) is 1.74. The Bertz CT molecular complexity index is 1350. The average molecular weight is 592 g/mol. The molecule has 0 aliphatic carbocycles. The summed E-state index contributed by atoms with van der Waals surface area (Å²) in [6.07, 6.45) is 3.82. The van der Waals surface area contributed by atoms with Crippen LogP contribution < -0.4 is 0 Å². The van der Waals surface area contributed by atoms with Crippen molar-refractivity contribution in [3.05, 3.63) is 94.2 Å². The number of halogens is 1. The summed E-state index contributed by atoms with van der Waals surface area (Å²) in [6.45, 7) is 0.546. The predicted molar refractivity (Wildman–Crippen MR) is 148 cm³/mol. The maximum Gasteiger partial charge on any atom is 0.246 e. The smallest absolute Gasteiger partial charge is 0.246 e. The number of carbonyl (C=O) groups is 3. The number of rotatable bonds is 7. The Balaban J connectivity index is 1.44. The number of amides is 3. The summed E-state index contributed by atoms with van der Waals surface area (Å²) in [6, 6.07) is 17.4. The number of aromatic nitrogens is 1. The molecule has 1 unspecified atom stereocenters. The SMILES string of the molecule is CN1CC(=O)N2C(CN(Cc3ccncc3)C(=O)[C@@H]2Cc2ccc(O)cc2)N1C(=O)CCc1cccc(Br)c1. The number of hydrazine groups is 1. The van der Waals surface area contributed by atoms with Crippen LogP contribution in [0.15, 0.2) is 77.5 Å². The fraction of sp³-hybridized carbons (Fsp3) is 0.310. The predicted octanol–water partition coefficient (Wildman–Crippen LogP) is 2.98. The van der Waals surface area contributed by atoms with Crippen molar-refractivity contribution in [2.75, 3.05) is 20.1 Å². The summed E-state index contributed by atoms with van der Waals surface area (Å²) >= 11 is 3.48. The highest BCUT2D eigenvalue weighted by atomic mass is 79.9. The zero-order chi connectivity index (χ0) is 27.5. The van der Waals surface area contributed by atoms with E-state index in [4.69, 9.17) is 0 Å². The molecule has 1 aromatic heterocycles. The van der Waals surface area contributed by atoms with E-state index in [2.05, 4.69) is 20.9 Å². The van der Waals surface area contributed by atoms with Crippen molar-refractivity contribution in [1.29, 1.82) is 0 Å². The van der Waals surface area contributed by atoms with Crippen LogP contribution in [0, 0.1) is 0 Å². The van der Waals surface area contributed by atoms with Gasteiger partial charge in [-0.3, -0.25) is 24.4 Å². The minimum absolute atomic E-state index is 0.00282. The van der Waals surface area contributed by atoms with Crippen LogP contribution in [0.4, 0.5) is 0 Å². The van der Waals surface area contributed by atoms with Crippen molar-refractivity contribution in [3.8, 4) is 5.75 Å². The highest BCUT2D eigenvalue weighted by Gasteiger charge is 2.50. The summed E-state index contributed by atoms with van der Waals surface area (Å²) in [4.78, 5) is 48.3. The highest BCUT2D eigenvalue weighted by Crippen LogP contribution is 2.29. The Morgan fingerprint density at radius 1 is 1.03 bits per heavy atom. The first-order valence-electron chi connectivity index (χ1n) is 12.8. The van der Waals surface area contributed by atoms with Crippen LogP contribution in [0.3, 0.4) is 0 Å². The van der Waals surface area contributed by atoms with Crippen LogP contribution in [0.5, 0.6) is 5.75 Å². The Morgan fingerprint density at radius 2 is 1.77 bits per heavy atom. The average Bonchev–Trinajstić information content (AvgIpc) is 2.91. The van der Waals surface area contributed by atoms with Gasteiger partial charge in [-0.05, 0) is 59.5 Å². The molecule has 2 saturated heterocycles. The molecule has 2 aromatic carbocycles. The molecule has 0 radical (unpaired) electrons. The minimum atomic E-state index is -0.781. The first kappa shape index (κ1) is 26.8. The van der Waals surface area contributed by atoms with Gasteiger partial charge < -0.3 is 14.9 Å². The molecule has 5 rings (SSSR count). The zero-order valence-corrected chi connectivity index (χ0v) is 23.2. The lowest BCUT2D eigenvalue weighted by Gasteiger charge is -2.54. The van der Waals surface area contributed by atoms with E-state index in [0.29, 0.717) is 13.0 Å². The Kier molecular flexibility index (Phi) is 7.94. The lowest BCUT2D eigenvalue weighted by molar-refractivity contribution is -0.202. The van der Waals surface area contributed by atoms with Crippen molar-refractivity contribution in [1.82, 2.24) is 24.8 Å². The van der Waals surface area contributed by atoms with Gasteiger partial charge in [-0.1, -0.05) is 40.2 Å². The first-order valence-corrected chi connectivity index (χ1v) is 13.6. The third kappa shape index (κ3) is 5.97. The maximum atomic E-state index is 13.8. The minimum Gasteiger partial charge on any atom is -0.508 e. The summed E-state index contributed by atoms with van der Waals surface area (Å²) in [5, 5.41) is 13.0. The molecule has 3 amide bonds. The van der Waals surface area contributed by atoms with Crippen molar-refractivity contribution < 1.29 is 19.5 Å². The van der Waals surface area contributed by atoms with E-state index >= 15 is 0 Å². The number of hydrogen-bond donors (Lipinski definition) is 1. The molecule has 3 heterocycles. The van der Waals surface area contributed by atoms with Gasteiger partial charge in [0.1, 0.15) is 18.0 Å². The number of piperazine rings is 1. The molecule has 1 N–H and O–H groups in total. The third-order valence-electron chi connectivity index (χ3n) is 7.20. The Hall–Kier alpha value is -3.76. The fourth-order valence-corrected chi connectivity index (χ4v) is 5.78. The topological polar surface area (TPSA) is 97.3 Å². The normalized spacial score (nSPS) is 19.8. The molecule has 0 spiro atoms. The number of phenolic OH excluding ortho intramolecular Hbond substituents is 1. The molecule has 3 aromatic rings. The van der Waals surface area contributed by atoms with Gasteiger partial charge in [0.25, 0.3) is 0 Å². The molecule has 0 saturated carbocycles. The van der Waals surface area contributed by atoms with Crippen LogP contribution in [-0.4, -0.2) is 80.0 Å². The molecule has 202 valence electrons. The monoisotopic (exact) mass is 591 g/mol. The van der Waals surface area contributed by atoms with Gasteiger partial charge in [0.2, 0.25) is 17.7 Å². The molecule has 2 aliphatic heterocycles. The molecule has 10 heteroatoms. The number of likely N-dealkylation sites (N-methyl/N-ethyl adjacent to an activating group) is 1. The zero-order valence-electron chi connectivity index (χ0n) is 21.6. The first-order chi connectivity index (χ1) is 18.8. The number of hydrogen-bond acceptors (Lipinski definition) is 6.